The first kappa shape index (κ1) is 10.5. The Morgan fingerprint density at radius 3 is 2.69 bits per heavy atom. The molecule has 0 saturated carbocycles. The standard InChI is InChI=1S/C11H11BrF/c1-3-4-8(2)9-5-10(12)7-11(13)6-9/h3,5-8H,1-2,4H2. The first-order valence-corrected chi connectivity index (χ1v) is 4.82. The van der Waals surface area contributed by atoms with E-state index >= 15 is 0 Å². The lowest BCUT2D eigenvalue weighted by atomic mass is 9.98. The van der Waals surface area contributed by atoms with Gasteiger partial charge < -0.3 is 0 Å². The molecular formula is C11H11BrF. The molecule has 0 N–H and O–H groups in total. The van der Waals surface area contributed by atoms with Crippen molar-refractivity contribution < 1.29 is 4.39 Å². The molecule has 2 heteroatoms. The van der Waals surface area contributed by atoms with Crippen LogP contribution in [-0.2, 0) is 0 Å². The van der Waals surface area contributed by atoms with Gasteiger partial charge in [-0.05, 0) is 43.0 Å². The fourth-order valence-electron chi connectivity index (χ4n) is 1.15. The van der Waals surface area contributed by atoms with E-state index in [4.69, 9.17) is 0 Å². The van der Waals surface area contributed by atoms with Crippen LogP contribution in [0, 0.1) is 12.7 Å². The maximum absolute atomic E-state index is 12.9. The predicted molar refractivity (Wildman–Crippen MR) is 57.0 cm³/mol. The predicted octanol–water partition coefficient (Wildman–Crippen LogP) is 4.08. The molecule has 13 heavy (non-hydrogen) atoms. The van der Waals surface area contributed by atoms with Crippen LogP contribution in [0.1, 0.15) is 17.9 Å². The Hall–Kier alpha value is -0.630. The van der Waals surface area contributed by atoms with Gasteiger partial charge in [0, 0.05) is 4.47 Å². The van der Waals surface area contributed by atoms with Crippen LogP contribution in [0.25, 0.3) is 0 Å². The smallest absolute Gasteiger partial charge is 0.124 e. The summed E-state index contributed by atoms with van der Waals surface area (Å²) in [6.45, 7) is 7.55. The first-order chi connectivity index (χ1) is 6.13. The highest BCUT2D eigenvalue weighted by Crippen LogP contribution is 2.23. The van der Waals surface area contributed by atoms with E-state index in [-0.39, 0.29) is 11.7 Å². The molecular weight excluding hydrogens is 231 g/mol. The van der Waals surface area contributed by atoms with Gasteiger partial charge >= 0.3 is 0 Å². The second kappa shape index (κ2) is 4.56. The maximum Gasteiger partial charge on any atom is 0.124 e. The molecule has 1 unspecified atom stereocenters. The lowest BCUT2D eigenvalue weighted by Gasteiger charge is -2.09. The Morgan fingerprint density at radius 1 is 1.46 bits per heavy atom. The number of halogens is 2. The van der Waals surface area contributed by atoms with Gasteiger partial charge in [0.15, 0.2) is 0 Å². The van der Waals surface area contributed by atoms with Gasteiger partial charge in [0.05, 0.1) is 0 Å². The molecule has 1 aromatic rings. The average Bonchev–Trinajstić information content (AvgIpc) is 2.03. The van der Waals surface area contributed by atoms with E-state index in [0.29, 0.717) is 0 Å². The maximum atomic E-state index is 12.9. The van der Waals surface area contributed by atoms with Gasteiger partial charge in [-0.15, -0.1) is 6.58 Å². The Balaban J connectivity index is 2.93. The molecule has 69 valence electrons. The second-order valence-electron chi connectivity index (χ2n) is 2.92. The molecule has 0 bridgehead atoms. The van der Waals surface area contributed by atoms with Crippen LogP contribution in [0.15, 0.2) is 35.3 Å². The van der Waals surface area contributed by atoms with E-state index in [0.717, 1.165) is 16.5 Å². The van der Waals surface area contributed by atoms with Gasteiger partial charge in [-0.2, -0.15) is 0 Å². The summed E-state index contributed by atoms with van der Waals surface area (Å²) in [6.07, 6.45) is 2.55. The van der Waals surface area contributed by atoms with Crippen LogP contribution < -0.4 is 0 Å². The number of hydrogen-bond donors (Lipinski definition) is 0. The van der Waals surface area contributed by atoms with Gasteiger partial charge in [-0.3, -0.25) is 0 Å². The Morgan fingerprint density at radius 2 is 2.15 bits per heavy atom. The third-order valence-corrected chi connectivity index (χ3v) is 2.27. The van der Waals surface area contributed by atoms with Crippen LogP contribution in [0.4, 0.5) is 4.39 Å². The molecule has 0 spiro atoms. The lowest BCUT2D eigenvalue weighted by molar-refractivity contribution is 0.622. The largest absolute Gasteiger partial charge is 0.207 e. The van der Waals surface area contributed by atoms with Crippen LogP contribution in [0.5, 0.6) is 0 Å². The van der Waals surface area contributed by atoms with Crippen molar-refractivity contribution in [2.75, 3.05) is 0 Å². The van der Waals surface area contributed by atoms with Crippen LogP contribution >= 0.6 is 15.9 Å². The van der Waals surface area contributed by atoms with Crippen molar-refractivity contribution in [3.8, 4) is 0 Å². The summed E-state index contributed by atoms with van der Waals surface area (Å²) in [5.41, 5.74) is 0.895. The summed E-state index contributed by atoms with van der Waals surface area (Å²) in [5.74, 6) is -0.161. The molecule has 0 aliphatic rings. The summed E-state index contributed by atoms with van der Waals surface area (Å²) in [4.78, 5) is 0. The van der Waals surface area contributed by atoms with Crippen molar-refractivity contribution in [1.29, 1.82) is 0 Å². The van der Waals surface area contributed by atoms with Crippen LogP contribution in [0.3, 0.4) is 0 Å². The van der Waals surface area contributed by atoms with Crippen LogP contribution in [-0.4, -0.2) is 0 Å². The van der Waals surface area contributed by atoms with E-state index in [1.54, 1.807) is 6.08 Å². The monoisotopic (exact) mass is 241 g/mol. The zero-order chi connectivity index (χ0) is 9.84. The van der Waals surface area contributed by atoms with Gasteiger partial charge in [-0.25, -0.2) is 4.39 Å². The highest BCUT2D eigenvalue weighted by atomic mass is 79.9. The Labute approximate surface area is 86.6 Å². The topological polar surface area (TPSA) is 0 Å². The van der Waals surface area contributed by atoms with E-state index in [1.165, 1.54) is 12.1 Å². The van der Waals surface area contributed by atoms with Crippen molar-refractivity contribution in [3.05, 3.63) is 53.6 Å². The molecule has 1 radical (unpaired) electrons. The second-order valence-corrected chi connectivity index (χ2v) is 3.84. The quantitative estimate of drug-likeness (QED) is 0.700. The highest BCUT2D eigenvalue weighted by molar-refractivity contribution is 9.10. The normalized spacial score (nSPS) is 12.5. The third kappa shape index (κ3) is 2.96. The van der Waals surface area contributed by atoms with E-state index in [2.05, 4.69) is 29.4 Å². The van der Waals surface area contributed by atoms with Gasteiger partial charge in [0.2, 0.25) is 0 Å². The molecule has 0 aliphatic carbocycles. The molecule has 0 heterocycles. The molecule has 0 nitrogen and oxygen atoms in total. The van der Waals surface area contributed by atoms with Gasteiger partial charge in [-0.1, -0.05) is 22.0 Å². The lowest BCUT2D eigenvalue weighted by Crippen LogP contribution is -1.93. The molecule has 0 aromatic heterocycles. The number of allylic oxidation sites excluding steroid dienone is 1. The van der Waals surface area contributed by atoms with Crippen molar-refractivity contribution >= 4 is 15.9 Å². The highest BCUT2D eigenvalue weighted by Gasteiger charge is 2.05. The Bertz CT molecular complexity index is 287. The molecule has 1 atom stereocenters. The summed E-state index contributed by atoms with van der Waals surface area (Å²) in [5, 5.41) is 0. The van der Waals surface area contributed by atoms with E-state index in [9.17, 15) is 4.39 Å². The summed E-state index contributed by atoms with van der Waals surface area (Å²) < 4.78 is 13.7. The first-order valence-electron chi connectivity index (χ1n) is 4.03. The number of hydrogen-bond acceptors (Lipinski definition) is 0. The van der Waals surface area contributed by atoms with Crippen molar-refractivity contribution in [2.24, 2.45) is 0 Å². The minimum absolute atomic E-state index is 0.0736. The molecule has 0 amide bonds. The minimum atomic E-state index is -0.234. The molecule has 1 aromatic carbocycles. The van der Waals surface area contributed by atoms with E-state index < -0.39 is 0 Å². The fourth-order valence-corrected chi connectivity index (χ4v) is 1.63. The molecule has 1 rings (SSSR count). The van der Waals surface area contributed by atoms with Gasteiger partial charge in [0.1, 0.15) is 5.82 Å². The Kier molecular flexibility index (Phi) is 3.67. The van der Waals surface area contributed by atoms with Gasteiger partial charge in [0.25, 0.3) is 0 Å². The minimum Gasteiger partial charge on any atom is -0.207 e. The molecule has 0 aliphatic heterocycles. The number of benzene rings is 1. The summed E-state index contributed by atoms with van der Waals surface area (Å²) >= 11 is 3.24. The summed E-state index contributed by atoms with van der Waals surface area (Å²) in [6, 6.07) is 4.82. The van der Waals surface area contributed by atoms with E-state index in [1.807, 2.05) is 6.07 Å². The third-order valence-electron chi connectivity index (χ3n) is 1.81. The molecule has 0 saturated heterocycles. The zero-order valence-electron chi connectivity index (χ0n) is 7.26. The van der Waals surface area contributed by atoms with Crippen LogP contribution in [0.2, 0.25) is 0 Å². The number of rotatable bonds is 3. The van der Waals surface area contributed by atoms with Crippen molar-refractivity contribution in [1.82, 2.24) is 0 Å². The SMILES string of the molecule is [CH2]C(CC=C)c1cc(F)cc(Br)c1. The molecule has 0 fully saturated rings. The summed E-state index contributed by atoms with van der Waals surface area (Å²) in [7, 11) is 0. The van der Waals surface area contributed by atoms with Crippen molar-refractivity contribution in [3.63, 3.8) is 0 Å². The van der Waals surface area contributed by atoms with Crippen molar-refractivity contribution in [2.45, 2.75) is 12.3 Å². The fraction of sp³-hybridized carbons (Fsp3) is 0.182. The average molecular weight is 242 g/mol. The zero-order valence-corrected chi connectivity index (χ0v) is 8.85.